The molecule has 2 heterocycles. The van der Waals surface area contributed by atoms with E-state index in [2.05, 4.69) is 27.4 Å². The van der Waals surface area contributed by atoms with Crippen LogP contribution in [0.25, 0.3) is 0 Å². The number of anilines is 1. The van der Waals surface area contributed by atoms with Gasteiger partial charge < -0.3 is 0 Å². The molecule has 0 fully saturated rings. The number of amides is 1. The fourth-order valence-corrected chi connectivity index (χ4v) is 3.93. The molecule has 2 rings (SSSR count). The zero-order valence-corrected chi connectivity index (χ0v) is 14.6. The predicted octanol–water partition coefficient (Wildman–Crippen LogP) is 2.49. The molecule has 0 saturated carbocycles. The molecule has 0 aliphatic carbocycles. The van der Waals surface area contributed by atoms with Crippen molar-refractivity contribution in [3.8, 4) is 0 Å². The first-order valence-electron chi connectivity index (χ1n) is 6.42. The van der Waals surface area contributed by atoms with Crippen molar-refractivity contribution in [3.05, 3.63) is 16.1 Å². The van der Waals surface area contributed by atoms with Crippen LogP contribution in [0.4, 0.5) is 5.13 Å². The van der Waals surface area contributed by atoms with Crippen LogP contribution in [0.3, 0.4) is 0 Å². The summed E-state index contributed by atoms with van der Waals surface area (Å²) in [6.45, 7) is 4.99. The van der Waals surface area contributed by atoms with Crippen LogP contribution in [0.5, 0.6) is 0 Å². The summed E-state index contributed by atoms with van der Waals surface area (Å²) in [5.41, 5.74) is 0.991. The molecule has 0 aliphatic rings. The van der Waals surface area contributed by atoms with Crippen LogP contribution in [0, 0.1) is 6.92 Å². The van der Waals surface area contributed by atoms with Crippen molar-refractivity contribution >= 4 is 45.5 Å². The van der Waals surface area contributed by atoms with Crippen LogP contribution in [-0.2, 0) is 11.3 Å². The van der Waals surface area contributed by atoms with Gasteiger partial charge in [0.05, 0.1) is 17.2 Å². The molecule has 0 aliphatic heterocycles. The summed E-state index contributed by atoms with van der Waals surface area (Å²) in [6.07, 6.45) is 0. The van der Waals surface area contributed by atoms with Crippen LogP contribution >= 0.6 is 34.4 Å². The second-order valence-corrected chi connectivity index (χ2v) is 7.94. The molecule has 0 aromatic carbocycles. The SMILES string of the molecule is CCSc1nnc(NC(=O)CN(C)Cc2csc(C)n2)s1. The molecule has 1 amide bonds. The Morgan fingerprint density at radius 3 is 2.95 bits per heavy atom. The van der Waals surface area contributed by atoms with Crippen molar-refractivity contribution in [2.45, 2.75) is 24.7 Å². The van der Waals surface area contributed by atoms with E-state index >= 15 is 0 Å². The summed E-state index contributed by atoms with van der Waals surface area (Å²) in [4.78, 5) is 18.3. The van der Waals surface area contributed by atoms with Gasteiger partial charge in [0.25, 0.3) is 0 Å². The van der Waals surface area contributed by atoms with Gasteiger partial charge in [-0.3, -0.25) is 15.0 Å². The van der Waals surface area contributed by atoms with Crippen LogP contribution in [0.1, 0.15) is 17.6 Å². The van der Waals surface area contributed by atoms with Crippen molar-refractivity contribution in [1.29, 1.82) is 0 Å². The molecule has 21 heavy (non-hydrogen) atoms. The number of nitrogens with zero attached hydrogens (tertiary/aromatic N) is 4. The summed E-state index contributed by atoms with van der Waals surface area (Å²) >= 11 is 4.64. The second-order valence-electron chi connectivity index (χ2n) is 4.38. The number of hydrogen-bond donors (Lipinski definition) is 1. The maximum Gasteiger partial charge on any atom is 0.240 e. The topological polar surface area (TPSA) is 71.0 Å². The average molecular weight is 344 g/mol. The van der Waals surface area contributed by atoms with Gasteiger partial charge in [-0.15, -0.1) is 21.5 Å². The number of thioether (sulfide) groups is 1. The van der Waals surface area contributed by atoms with E-state index < -0.39 is 0 Å². The van der Waals surface area contributed by atoms with Crippen molar-refractivity contribution in [2.75, 3.05) is 24.7 Å². The standard InChI is InChI=1S/C12H17N5OS3/c1-4-19-12-16-15-11(21-12)14-10(18)6-17(3)5-9-7-20-8(2)13-9/h7H,4-6H2,1-3H3,(H,14,15,18). The summed E-state index contributed by atoms with van der Waals surface area (Å²) in [6, 6.07) is 0. The molecule has 114 valence electrons. The Balaban J connectivity index is 1.80. The summed E-state index contributed by atoms with van der Waals surface area (Å²) < 4.78 is 0.874. The second kappa shape index (κ2) is 7.83. The van der Waals surface area contributed by atoms with Gasteiger partial charge in [0, 0.05) is 11.9 Å². The predicted molar refractivity (Wildman–Crippen MR) is 88.1 cm³/mol. The molecule has 0 atom stereocenters. The van der Waals surface area contributed by atoms with Gasteiger partial charge in [0.1, 0.15) is 0 Å². The smallest absolute Gasteiger partial charge is 0.240 e. The zero-order chi connectivity index (χ0) is 15.2. The fourth-order valence-electron chi connectivity index (χ4n) is 1.66. The van der Waals surface area contributed by atoms with Gasteiger partial charge in [0.2, 0.25) is 11.0 Å². The molecule has 1 N–H and O–H groups in total. The molecule has 0 unspecified atom stereocenters. The number of carbonyl (C=O) groups is 1. The van der Waals surface area contributed by atoms with E-state index in [-0.39, 0.29) is 5.91 Å². The molecule has 0 bridgehead atoms. The van der Waals surface area contributed by atoms with Gasteiger partial charge in [-0.2, -0.15) is 0 Å². The van der Waals surface area contributed by atoms with Crippen LogP contribution in [0.2, 0.25) is 0 Å². The maximum absolute atomic E-state index is 11.9. The minimum absolute atomic E-state index is 0.0892. The summed E-state index contributed by atoms with van der Waals surface area (Å²) in [5.74, 6) is 0.854. The van der Waals surface area contributed by atoms with Gasteiger partial charge in [-0.1, -0.05) is 30.0 Å². The van der Waals surface area contributed by atoms with E-state index in [0.717, 1.165) is 20.8 Å². The average Bonchev–Trinajstić information content (AvgIpc) is 2.99. The number of likely N-dealkylation sites (N-methyl/N-ethyl adjacent to an activating group) is 1. The summed E-state index contributed by atoms with van der Waals surface area (Å²) in [7, 11) is 1.90. The Labute approximate surface area is 136 Å². The van der Waals surface area contributed by atoms with Gasteiger partial charge >= 0.3 is 0 Å². The van der Waals surface area contributed by atoms with Crippen molar-refractivity contribution in [1.82, 2.24) is 20.1 Å². The van der Waals surface area contributed by atoms with E-state index in [9.17, 15) is 4.79 Å². The minimum Gasteiger partial charge on any atom is -0.299 e. The quantitative estimate of drug-likeness (QED) is 0.615. The molecule has 0 spiro atoms. The lowest BCUT2D eigenvalue weighted by molar-refractivity contribution is -0.117. The number of nitrogens with one attached hydrogen (secondary N) is 1. The molecule has 0 saturated heterocycles. The number of aromatic nitrogens is 3. The van der Waals surface area contributed by atoms with Crippen molar-refractivity contribution < 1.29 is 4.79 Å². The third-order valence-corrected chi connectivity index (χ3v) is 5.11. The monoisotopic (exact) mass is 343 g/mol. The van der Waals surface area contributed by atoms with Crippen LogP contribution < -0.4 is 5.32 Å². The lowest BCUT2D eigenvalue weighted by atomic mass is 10.4. The molecule has 6 nitrogen and oxygen atoms in total. The van der Waals surface area contributed by atoms with Crippen LogP contribution in [-0.4, -0.2) is 45.3 Å². The third-order valence-electron chi connectivity index (χ3n) is 2.43. The van der Waals surface area contributed by atoms with Crippen molar-refractivity contribution in [3.63, 3.8) is 0 Å². The van der Waals surface area contributed by atoms with E-state index in [1.165, 1.54) is 11.3 Å². The highest BCUT2D eigenvalue weighted by Crippen LogP contribution is 2.24. The Morgan fingerprint density at radius 1 is 1.48 bits per heavy atom. The van der Waals surface area contributed by atoms with Gasteiger partial charge in [-0.05, 0) is 19.7 Å². The first kappa shape index (κ1) is 16.3. The highest BCUT2D eigenvalue weighted by molar-refractivity contribution is 8.01. The van der Waals surface area contributed by atoms with E-state index in [1.807, 2.05) is 24.3 Å². The number of rotatable bonds is 7. The Bertz CT molecular complexity index is 597. The normalized spacial score (nSPS) is 11.0. The number of carbonyl (C=O) groups excluding carboxylic acids is 1. The fraction of sp³-hybridized carbons (Fsp3) is 0.500. The zero-order valence-electron chi connectivity index (χ0n) is 12.1. The number of thiazole rings is 1. The molecule has 2 aromatic heterocycles. The lowest BCUT2D eigenvalue weighted by Gasteiger charge is -2.13. The van der Waals surface area contributed by atoms with E-state index in [0.29, 0.717) is 18.2 Å². The maximum atomic E-state index is 11.9. The number of hydrogen-bond acceptors (Lipinski definition) is 8. The molecule has 9 heteroatoms. The number of aryl methyl sites for hydroxylation is 1. The molecular formula is C12H17N5OS3. The van der Waals surface area contributed by atoms with Gasteiger partial charge in [0.15, 0.2) is 4.34 Å². The van der Waals surface area contributed by atoms with E-state index in [1.54, 1.807) is 23.1 Å². The van der Waals surface area contributed by atoms with E-state index in [4.69, 9.17) is 0 Å². The Morgan fingerprint density at radius 2 is 2.29 bits per heavy atom. The van der Waals surface area contributed by atoms with Crippen LogP contribution in [0.15, 0.2) is 9.72 Å². The molecule has 2 aromatic rings. The van der Waals surface area contributed by atoms with Crippen molar-refractivity contribution in [2.24, 2.45) is 0 Å². The first-order valence-corrected chi connectivity index (χ1v) is 9.10. The third kappa shape index (κ3) is 5.34. The Hall–Kier alpha value is -1.03. The first-order chi connectivity index (χ1) is 10.1. The minimum atomic E-state index is -0.0892. The largest absolute Gasteiger partial charge is 0.299 e. The summed E-state index contributed by atoms with van der Waals surface area (Å²) in [5, 5.41) is 14.3. The Kier molecular flexibility index (Phi) is 6.09. The molecule has 0 radical (unpaired) electrons. The molecular weight excluding hydrogens is 326 g/mol. The lowest BCUT2D eigenvalue weighted by Crippen LogP contribution is -2.29. The highest BCUT2D eigenvalue weighted by Gasteiger charge is 2.11. The highest BCUT2D eigenvalue weighted by atomic mass is 32.2. The van der Waals surface area contributed by atoms with Gasteiger partial charge in [-0.25, -0.2) is 4.98 Å².